The van der Waals surface area contributed by atoms with E-state index >= 15 is 0 Å². The number of nitrogens with zero attached hydrogens (tertiary/aromatic N) is 5. The predicted molar refractivity (Wildman–Crippen MR) is 218 cm³/mol. The number of fused-ring (bicyclic) bond motifs is 1. The van der Waals surface area contributed by atoms with Crippen molar-refractivity contribution < 1.29 is 0 Å². The second-order valence-corrected chi connectivity index (χ2v) is 13.0. The normalized spacial score (nSPS) is 10.9. The van der Waals surface area contributed by atoms with Gasteiger partial charge in [-0.2, -0.15) is 5.26 Å². The summed E-state index contributed by atoms with van der Waals surface area (Å²) in [5.74, 6) is 1.85. The lowest BCUT2D eigenvalue weighted by Gasteiger charge is -2.16. The maximum Gasteiger partial charge on any atom is 0.164 e. The molecule has 0 amide bonds. The predicted octanol–water partition coefficient (Wildman–Crippen LogP) is 12.0. The Morgan fingerprint density at radius 3 is 1.56 bits per heavy atom. The Kier molecular flexibility index (Phi) is 8.53. The summed E-state index contributed by atoms with van der Waals surface area (Å²) in [6.07, 6.45) is 1.80. The maximum atomic E-state index is 10.2. The van der Waals surface area contributed by atoms with Crippen molar-refractivity contribution in [1.29, 1.82) is 5.26 Å². The molecule has 0 fully saturated rings. The SMILES string of the molecule is N#Cc1cc(-c2ccc(-c3ccccn3)cc2)cc(-c2ccc3ccccc3c2-c2ccc(-c3nc(-c4ccccc4)nc(-c4ccccc4)n3)cc2)c1. The summed E-state index contributed by atoms with van der Waals surface area (Å²) >= 11 is 0. The summed E-state index contributed by atoms with van der Waals surface area (Å²) < 4.78 is 0. The van der Waals surface area contributed by atoms with E-state index in [-0.39, 0.29) is 0 Å². The van der Waals surface area contributed by atoms with Crippen LogP contribution in [-0.4, -0.2) is 19.9 Å². The quantitative estimate of drug-likeness (QED) is 0.166. The number of hydrogen-bond donors (Lipinski definition) is 0. The first kappa shape index (κ1) is 32.4. The van der Waals surface area contributed by atoms with Crippen LogP contribution in [0.15, 0.2) is 188 Å². The van der Waals surface area contributed by atoms with Crippen LogP contribution < -0.4 is 0 Å². The third-order valence-electron chi connectivity index (χ3n) is 9.61. The van der Waals surface area contributed by atoms with Crippen LogP contribution in [0.5, 0.6) is 0 Å². The summed E-state index contributed by atoms with van der Waals surface area (Å²) in [7, 11) is 0. The fourth-order valence-corrected chi connectivity index (χ4v) is 6.93. The Morgan fingerprint density at radius 2 is 0.926 bits per heavy atom. The van der Waals surface area contributed by atoms with Gasteiger partial charge in [-0.05, 0) is 74.5 Å². The molecule has 252 valence electrons. The molecule has 9 rings (SSSR count). The molecule has 0 saturated heterocycles. The molecule has 2 heterocycles. The van der Waals surface area contributed by atoms with Gasteiger partial charge < -0.3 is 0 Å². The molecule has 9 aromatic rings. The molecule has 0 aliphatic heterocycles. The van der Waals surface area contributed by atoms with E-state index in [1.165, 1.54) is 0 Å². The van der Waals surface area contributed by atoms with Crippen molar-refractivity contribution in [3.63, 3.8) is 0 Å². The van der Waals surface area contributed by atoms with Crippen LogP contribution in [0.25, 0.3) is 89.6 Å². The molecule has 0 saturated carbocycles. The monoisotopic (exact) mass is 689 g/mol. The second-order valence-electron chi connectivity index (χ2n) is 13.0. The average molecular weight is 690 g/mol. The highest BCUT2D eigenvalue weighted by atomic mass is 15.0. The topological polar surface area (TPSA) is 75.3 Å². The van der Waals surface area contributed by atoms with E-state index in [9.17, 15) is 5.26 Å². The molecule has 0 radical (unpaired) electrons. The molecule has 2 aromatic heterocycles. The maximum absolute atomic E-state index is 10.2. The van der Waals surface area contributed by atoms with Crippen LogP contribution in [0.4, 0.5) is 0 Å². The van der Waals surface area contributed by atoms with Crippen molar-refractivity contribution >= 4 is 10.8 Å². The van der Waals surface area contributed by atoms with E-state index in [0.717, 1.165) is 72.1 Å². The molecule has 0 spiro atoms. The molecular weight excluding hydrogens is 659 g/mol. The minimum absolute atomic E-state index is 0.601. The molecule has 0 aliphatic rings. The Labute approximate surface area is 313 Å². The minimum atomic E-state index is 0.601. The highest BCUT2D eigenvalue weighted by molar-refractivity contribution is 6.04. The highest BCUT2D eigenvalue weighted by Gasteiger charge is 2.16. The second kappa shape index (κ2) is 14.2. The number of rotatable bonds is 7. The Morgan fingerprint density at radius 1 is 0.389 bits per heavy atom. The molecule has 54 heavy (non-hydrogen) atoms. The van der Waals surface area contributed by atoms with E-state index in [1.807, 2.05) is 91.0 Å². The molecule has 0 atom stereocenters. The summed E-state index contributed by atoms with van der Waals surface area (Å²) in [4.78, 5) is 19.2. The van der Waals surface area contributed by atoms with Crippen molar-refractivity contribution in [3.8, 4) is 84.9 Å². The van der Waals surface area contributed by atoms with Crippen molar-refractivity contribution in [3.05, 3.63) is 194 Å². The van der Waals surface area contributed by atoms with Crippen molar-refractivity contribution in [2.24, 2.45) is 0 Å². The molecule has 7 aromatic carbocycles. The minimum Gasteiger partial charge on any atom is -0.256 e. The Bertz CT molecular complexity index is 2730. The number of aromatic nitrogens is 4. The first-order chi connectivity index (χ1) is 26.7. The van der Waals surface area contributed by atoms with Gasteiger partial charge >= 0.3 is 0 Å². The van der Waals surface area contributed by atoms with E-state index < -0.39 is 0 Å². The zero-order valence-corrected chi connectivity index (χ0v) is 29.1. The lowest BCUT2D eigenvalue weighted by molar-refractivity contribution is 1.07. The van der Waals surface area contributed by atoms with Crippen molar-refractivity contribution in [1.82, 2.24) is 19.9 Å². The molecule has 5 heteroatoms. The van der Waals surface area contributed by atoms with Gasteiger partial charge in [0, 0.05) is 28.5 Å². The van der Waals surface area contributed by atoms with E-state index in [4.69, 9.17) is 15.0 Å². The first-order valence-electron chi connectivity index (χ1n) is 17.8. The van der Waals surface area contributed by atoms with Crippen LogP contribution in [-0.2, 0) is 0 Å². The van der Waals surface area contributed by atoms with Crippen molar-refractivity contribution in [2.45, 2.75) is 0 Å². The number of benzene rings is 7. The average Bonchev–Trinajstić information content (AvgIpc) is 3.26. The molecule has 0 aliphatic carbocycles. The summed E-state index contributed by atoms with van der Waals surface area (Å²) in [6.45, 7) is 0. The van der Waals surface area contributed by atoms with Gasteiger partial charge in [-0.1, -0.05) is 152 Å². The van der Waals surface area contributed by atoms with Gasteiger partial charge in [-0.3, -0.25) is 4.98 Å². The van der Waals surface area contributed by atoms with Gasteiger partial charge in [0.25, 0.3) is 0 Å². The number of hydrogen-bond acceptors (Lipinski definition) is 5. The third kappa shape index (κ3) is 6.41. The Hall–Kier alpha value is -7.55. The largest absolute Gasteiger partial charge is 0.256 e. The molecule has 0 bridgehead atoms. The van der Waals surface area contributed by atoms with Crippen LogP contribution in [0, 0.1) is 11.3 Å². The zero-order valence-electron chi connectivity index (χ0n) is 29.1. The highest BCUT2D eigenvalue weighted by Crippen LogP contribution is 2.40. The molecule has 5 nitrogen and oxygen atoms in total. The fraction of sp³-hybridized carbons (Fsp3) is 0. The summed E-state index contributed by atoms with van der Waals surface area (Å²) in [5.41, 5.74) is 11.5. The van der Waals surface area contributed by atoms with Gasteiger partial charge in [0.15, 0.2) is 17.5 Å². The van der Waals surface area contributed by atoms with E-state index in [1.54, 1.807) is 6.20 Å². The summed E-state index contributed by atoms with van der Waals surface area (Å²) in [5, 5.41) is 12.4. The number of pyridine rings is 1. The van der Waals surface area contributed by atoms with Gasteiger partial charge in [-0.25, -0.2) is 15.0 Å². The van der Waals surface area contributed by atoms with Crippen LogP contribution in [0.1, 0.15) is 5.56 Å². The van der Waals surface area contributed by atoms with Gasteiger partial charge in [0.05, 0.1) is 17.3 Å². The lowest BCUT2D eigenvalue weighted by Crippen LogP contribution is -2.00. The van der Waals surface area contributed by atoms with Crippen LogP contribution in [0.3, 0.4) is 0 Å². The smallest absolute Gasteiger partial charge is 0.164 e. The standard InChI is InChI=1S/C49H31N5/c50-32-33-29-41(34-18-20-36(21-19-34)45-17-9-10-28-51-45)31-42(30-33)44-27-26-35-11-7-8-16-43(35)46(44)37-22-24-40(25-23-37)49-53-47(38-12-3-1-4-13-38)52-48(54-49)39-14-5-2-6-15-39/h1-31H. The summed E-state index contributed by atoms with van der Waals surface area (Å²) in [6, 6.07) is 64.0. The van der Waals surface area contributed by atoms with E-state index in [2.05, 4.69) is 102 Å². The molecule has 0 unspecified atom stereocenters. The Balaban J connectivity index is 1.14. The van der Waals surface area contributed by atoms with Gasteiger partial charge in [0.2, 0.25) is 0 Å². The third-order valence-corrected chi connectivity index (χ3v) is 9.61. The zero-order chi connectivity index (χ0) is 36.3. The van der Waals surface area contributed by atoms with Crippen LogP contribution >= 0.6 is 0 Å². The lowest BCUT2D eigenvalue weighted by atomic mass is 9.87. The van der Waals surface area contributed by atoms with Gasteiger partial charge in [-0.15, -0.1) is 0 Å². The number of nitriles is 1. The van der Waals surface area contributed by atoms with Gasteiger partial charge in [0.1, 0.15) is 0 Å². The van der Waals surface area contributed by atoms with E-state index in [0.29, 0.717) is 23.0 Å². The molecular formula is C49H31N5. The van der Waals surface area contributed by atoms with Crippen molar-refractivity contribution in [2.75, 3.05) is 0 Å². The first-order valence-corrected chi connectivity index (χ1v) is 17.8. The van der Waals surface area contributed by atoms with Crippen LogP contribution in [0.2, 0.25) is 0 Å². The fourth-order valence-electron chi connectivity index (χ4n) is 6.93. The molecule has 0 N–H and O–H groups in total.